The van der Waals surface area contributed by atoms with E-state index in [4.69, 9.17) is 17.2 Å². The number of hydrogen-bond acceptors (Lipinski definition) is 7. The van der Waals surface area contributed by atoms with Crippen molar-refractivity contribution in [2.24, 2.45) is 17.2 Å². The molecule has 226 valence electrons. The molecule has 0 aliphatic carbocycles. The first-order valence-corrected chi connectivity index (χ1v) is 14.7. The number of para-hydroxylation sites is 1. The van der Waals surface area contributed by atoms with Gasteiger partial charge in [0.2, 0.25) is 5.91 Å². The second kappa shape index (κ2) is 16.7. The van der Waals surface area contributed by atoms with Crippen LogP contribution in [-0.2, 0) is 27.2 Å². The van der Waals surface area contributed by atoms with Gasteiger partial charge in [-0.3, -0.25) is 19.4 Å². The van der Waals surface area contributed by atoms with E-state index in [-0.39, 0.29) is 24.0 Å². The Hall–Kier alpha value is -3.70. The summed E-state index contributed by atoms with van der Waals surface area (Å²) in [5.41, 5.74) is 20.4. The zero-order valence-corrected chi connectivity index (χ0v) is 24.6. The molecule has 0 fully saturated rings. The lowest BCUT2D eigenvalue weighted by molar-refractivity contribution is -0.899. The summed E-state index contributed by atoms with van der Waals surface area (Å²) in [6, 6.07) is 18.1. The van der Waals surface area contributed by atoms with Gasteiger partial charge in [0, 0.05) is 37.6 Å². The second-order valence-electron chi connectivity index (χ2n) is 11.2. The number of carbonyl (C=O) groups excluding carboxylic acids is 3. The van der Waals surface area contributed by atoms with E-state index in [2.05, 4.69) is 15.6 Å². The highest BCUT2D eigenvalue weighted by molar-refractivity contribution is 5.92. The molecule has 8 N–H and O–H groups in total. The van der Waals surface area contributed by atoms with Crippen LogP contribution in [0.2, 0.25) is 0 Å². The number of nitrogens with one attached hydrogen (secondary N) is 2. The molecule has 1 heterocycles. The number of rotatable bonds is 18. The summed E-state index contributed by atoms with van der Waals surface area (Å²) in [5.74, 6) is -0.557. The van der Waals surface area contributed by atoms with E-state index in [1.54, 1.807) is 6.20 Å². The van der Waals surface area contributed by atoms with E-state index >= 15 is 0 Å². The number of nitrogens with two attached hydrogens (primary N) is 3. The normalized spacial score (nSPS) is 13.0. The first-order valence-electron chi connectivity index (χ1n) is 14.7. The first-order chi connectivity index (χ1) is 20.2. The average molecular weight is 577 g/mol. The SMILES string of the molecule is C[N+](CCN)(CCN)CC(=O)NCCC[C@H](N)C(=O)N[C@H](CCc1ccccc1)C(=O)Cc1cnc2ccccc2c1. The number of aromatic nitrogens is 1. The molecule has 0 spiro atoms. The second-order valence-corrected chi connectivity index (χ2v) is 11.2. The van der Waals surface area contributed by atoms with Crippen LogP contribution >= 0.6 is 0 Å². The van der Waals surface area contributed by atoms with Crippen molar-refractivity contribution in [3.63, 3.8) is 0 Å². The van der Waals surface area contributed by atoms with Crippen molar-refractivity contribution in [2.45, 2.75) is 44.2 Å². The third-order valence-electron chi connectivity index (χ3n) is 7.51. The fourth-order valence-electron chi connectivity index (χ4n) is 5.06. The Labute approximate surface area is 248 Å². The third kappa shape index (κ3) is 10.6. The van der Waals surface area contributed by atoms with Crippen LogP contribution in [0.3, 0.4) is 0 Å². The molecule has 2 aromatic carbocycles. The van der Waals surface area contributed by atoms with Gasteiger partial charge in [-0.2, -0.15) is 0 Å². The Morgan fingerprint density at radius 2 is 1.62 bits per heavy atom. The summed E-state index contributed by atoms with van der Waals surface area (Å²) in [5, 5.41) is 6.77. The van der Waals surface area contributed by atoms with Crippen molar-refractivity contribution in [1.82, 2.24) is 15.6 Å². The van der Waals surface area contributed by atoms with Crippen molar-refractivity contribution in [3.8, 4) is 0 Å². The van der Waals surface area contributed by atoms with E-state index in [0.29, 0.717) is 69.4 Å². The van der Waals surface area contributed by atoms with E-state index in [9.17, 15) is 14.4 Å². The van der Waals surface area contributed by atoms with Crippen LogP contribution < -0.4 is 27.8 Å². The van der Waals surface area contributed by atoms with Crippen LogP contribution in [0.1, 0.15) is 30.4 Å². The summed E-state index contributed by atoms with van der Waals surface area (Å²) in [7, 11) is 1.96. The van der Waals surface area contributed by atoms with E-state index in [0.717, 1.165) is 22.0 Å². The molecule has 2 atom stereocenters. The smallest absolute Gasteiger partial charge is 0.275 e. The maximum Gasteiger partial charge on any atom is 0.275 e. The monoisotopic (exact) mass is 576 g/mol. The molecule has 0 bridgehead atoms. The number of amides is 2. The molecule has 3 rings (SSSR count). The predicted molar refractivity (Wildman–Crippen MR) is 166 cm³/mol. The van der Waals surface area contributed by atoms with Gasteiger partial charge in [-0.25, -0.2) is 0 Å². The number of benzene rings is 2. The van der Waals surface area contributed by atoms with Gasteiger partial charge < -0.3 is 32.3 Å². The summed E-state index contributed by atoms with van der Waals surface area (Å²) in [4.78, 5) is 43.4. The quantitative estimate of drug-likeness (QED) is 0.111. The Balaban J connectivity index is 1.54. The van der Waals surface area contributed by atoms with Gasteiger partial charge in [0.15, 0.2) is 12.3 Å². The van der Waals surface area contributed by atoms with Gasteiger partial charge in [0.1, 0.15) is 0 Å². The molecule has 0 aliphatic heterocycles. The van der Waals surface area contributed by atoms with E-state index in [1.807, 2.05) is 67.7 Å². The summed E-state index contributed by atoms with van der Waals surface area (Å²) >= 11 is 0. The van der Waals surface area contributed by atoms with Gasteiger partial charge in [-0.1, -0.05) is 48.5 Å². The van der Waals surface area contributed by atoms with E-state index < -0.39 is 12.1 Å². The molecule has 0 saturated heterocycles. The molecular formula is C32H46N7O3+. The molecule has 10 nitrogen and oxygen atoms in total. The van der Waals surface area contributed by atoms with Crippen LogP contribution in [-0.4, -0.2) is 85.5 Å². The number of Topliss-reactive ketones (excluding diaryl/α,β-unsaturated/α-hetero) is 1. The Morgan fingerprint density at radius 3 is 2.33 bits per heavy atom. The number of pyridine rings is 1. The lowest BCUT2D eigenvalue weighted by Gasteiger charge is -2.33. The number of carbonyl (C=O) groups is 3. The van der Waals surface area contributed by atoms with Crippen LogP contribution in [0.25, 0.3) is 10.9 Å². The standard InChI is InChI=1S/C32H45N7O3/c1-39(18-15-33,19-16-34)23-31(41)36-17-7-11-27(35)32(42)38-29(14-13-24-8-3-2-4-9-24)30(40)21-25-20-26-10-5-6-12-28(26)37-22-25/h2-6,8-10,12,20,22,27,29H,7,11,13-19,21,23,33-35H2,1H3,(H-,36,38,41,42)/p+1/t27-,29+/m0/s1. The molecule has 1 aromatic heterocycles. The molecule has 42 heavy (non-hydrogen) atoms. The maximum atomic E-state index is 13.4. The number of ketones is 1. The maximum absolute atomic E-state index is 13.4. The Kier molecular flexibility index (Phi) is 13.0. The molecule has 3 aromatic rings. The highest BCUT2D eigenvalue weighted by Gasteiger charge is 2.25. The van der Waals surface area contributed by atoms with Crippen LogP contribution in [0.15, 0.2) is 66.9 Å². The summed E-state index contributed by atoms with van der Waals surface area (Å²) < 4.78 is 0.481. The fourth-order valence-corrected chi connectivity index (χ4v) is 5.06. The first kappa shape index (κ1) is 32.8. The van der Waals surface area contributed by atoms with Crippen LogP contribution in [0.4, 0.5) is 0 Å². The zero-order valence-electron chi connectivity index (χ0n) is 24.6. The van der Waals surface area contributed by atoms with Crippen molar-refractivity contribution in [1.29, 1.82) is 0 Å². The molecule has 0 unspecified atom stereocenters. The molecule has 0 saturated carbocycles. The number of quaternary nitrogens is 1. The van der Waals surface area contributed by atoms with E-state index in [1.165, 1.54) is 0 Å². The number of likely N-dealkylation sites (N-methyl/N-ethyl adjacent to an activating group) is 1. The number of fused-ring (bicyclic) bond motifs is 1. The van der Waals surface area contributed by atoms with Crippen molar-refractivity contribution < 1.29 is 18.9 Å². The molecular weight excluding hydrogens is 530 g/mol. The topological polar surface area (TPSA) is 166 Å². The highest BCUT2D eigenvalue weighted by Crippen LogP contribution is 2.15. The van der Waals surface area contributed by atoms with Gasteiger partial charge in [-0.15, -0.1) is 0 Å². The largest absolute Gasteiger partial charge is 0.351 e. The van der Waals surface area contributed by atoms with Crippen LogP contribution in [0, 0.1) is 0 Å². The number of hydrogen-bond donors (Lipinski definition) is 5. The summed E-state index contributed by atoms with van der Waals surface area (Å²) in [6.45, 7) is 2.97. The van der Waals surface area contributed by atoms with Gasteiger partial charge in [0.05, 0.1) is 37.7 Å². The zero-order chi connectivity index (χ0) is 30.4. The van der Waals surface area contributed by atoms with Gasteiger partial charge in [0.25, 0.3) is 5.91 Å². The van der Waals surface area contributed by atoms with Crippen molar-refractivity contribution in [2.75, 3.05) is 46.3 Å². The number of aryl methyl sites for hydroxylation is 1. The van der Waals surface area contributed by atoms with Gasteiger partial charge in [-0.05, 0) is 48.9 Å². The van der Waals surface area contributed by atoms with Crippen molar-refractivity contribution in [3.05, 3.63) is 78.0 Å². The lowest BCUT2D eigenvalue weighted by Crippen LogP contribution is -2.55. The van der Waals surface area contributed by atoms with Crippen LogP contribution in [0.5, 0.6) is 0 Å². The molecule has 0 radical (unpaired) electrons. The Morgan fingerprint density at radius 1 is 0.929 bits per heavy atom. The Bertz CT molecular complexity index is 1300. The third-order valence-corrected chi connectivity index (χ3v) is 7.51. The molecule has 10 heteroatoms. The lowest BCUT2D eigenvalue weighted by atomic mass is 9.97. The summed E-state index contributed by atoms with van der Waals surface area (Å²) in [6.07, 6.45) is 3.87. The molecule has 0 aliphatic rings. The average Bonchev–Trinajstić information content (AvgIpc) is 2.97. The minimum atomic E-state index is -0.799. The highest BCUT2D eigenvalue weighted by atomic mass is 16.2. The van der Waals surface area contributed by atoms with Gasteiger partial charge >= 0.3 is 0 Å². The van der Waals surface area contributed by atoms with Crippen molar-refractivity contribution >= 4 is 28.5 Å². The number of nitrogens with zero attached hydrogens (tertiary/aromatic N) is 2. The molecule has 2 amide bonds. The predicted octanol–water partition coefficient (Wildman–Crippen LogP) is 1.05. The fraction of sp³-hybridized carbons (Fsp3) is 0.438. The minimum Gasteiger partial charge on any atom is -0.351 e. The minimum absolute atomic E-state index is 0.0906.